The van der Waals surface area contributed by atoms with Gasteiger partial charge in [0.05, 0.1) is 11.4 Å². The van der Waals surface area contributed by atoms with Crippen molar-refractivity contribution in [3.05, 3.63) is 29.3 Å². The number of sulfonamides is 1. The smallest absolute Gasteiger partial charge is 0.235 e. The van der Waals surface area contributed by atoms with Gasteiger partial charge in [0.25, 0.3) is 0 Å². The summed E-state index contributed by atoms with van der Waals surface area (Å²) in [6, 6.07) is 6.85. The van der Waals surface area contributed by atoms with Crippen LogP contribution in [-0.2, 0) is 10.0 Å². The Morgan fingerprint density at radius 2 is 1.86 bits per heavy atom. The van der Waals surface area contributed by atoms with Gasteiger partial charge in [0.15, 0.2) is 0 Å². The van der Waals surface area contributed by atoms with Crippen molar-refractivity contribution in [1.82, 2.24) is 0 Å². The number of hydrogen-bond acceptors (Lipinski definition) is 2. The molecule has 2 rings (SSSR count). The van der Waals surface area contributed by atoms with Crippen LogP contribution >= 0.6 is 11.6 Å². The fourth-order valence-electron chi connectivity index (χ4n) is 1.54. The van der Waals surface area contributed by atoms with Crippen molar-refractivity contribution in [2.75, 3.05) is 16.6 Å². The normalized spacial score (nSPS) is 19.9. The van der Waals surface area contributed by atoms with E-state index in [9.17, 15) is 8.42 Å². The standard InChI is InChI=1S/C9H10ClNO2S/c10-8-2-4-9(5-3-8)11-6-1-7-14(11,12)13/h2-5H,1,6-7H2. The zero-order valence-electron chi connectivity index (χ0n) is 7.48. The topological polar surface area (TPSA) is 37.4 Å². The minimum Gasteiger partial charge on any atom is -0.270 e. The minimum atomic E-state index is -3.06. The van der Waals surface area contributed by atoms with Crippen LogP contribution in [0.4, 0.5) is 5.69 Å². The minimum absolute atomic E-state index is 0.246. The number of rotatable bonds is 1. The fourth-order valence-corrected chi connectivity index (χ4v) is 3.23. The average Bonchev–Trinajstić information content (AvgIpc) is 2.47. The second-order valence-corrected chi connectivity index (χ2v) is 5.67. The molecule has 5 heteroatoms. The predicted molar refractivity (Wildman–Crippen MR) is 57.2 cm³/mol. The van der Waals surface area contributed by atoms with Gasteiger partial charge < -0.3 is 0 Å². The molecule has 0 aromatic heterocycles. The Morgan fingerprint density at radius 1 is 1.21 bits per heavy atom. The molecule has 1 aromatic rings. The Labute approximate surface area is 88.3 Å². The average molecular weight is 232 g/mol. The Bertz CT molecular complexity index is 427. The SMILES string of the molecule is O=S1(=O)CCCN1c1ccc(Cl)cc1. The van der Waals surface area contributed by atoms with Crippen molar-refractivity contribution in [2.24, 2.45) is 0 Å². The molecule has 1 heterocycles. The number of benzene rings is 1. The molecule has 0 saturated carbocycles. The van der Waals surface area contributed by atoms with E-state index in [1.807, 2.05) is 0 Å². The van der Waals surface area contributed by atoms with Crippen molar-refractivity contribution in [1.29, 1.82) is 0 Å². The lowest BCUT2D eigenvalue weighted by Crippen LogP contribution is -2.24. The third-order valence-electron chi connectivity index (χ3n) is 2.21. The summed E-state index contributed by atoms with van der Waals surface area (Å²) in [5.74, 6) is 0.246. The van der Waals surface area contributed by atoms with Crippen LogP contribution in [0.15, 0.2) is 24.3 Å². The van der Waals surface area contributed by atoms with E-state index in [0.29, 0.717) is 23.7 Å². The summed E-state index contributed by atoms with van der Waals surface area (Å²) in [5, 5.41) is 0.616. The molecular formula is C9H10ClNO2S. The molecule has 1 aliphatic heterocycles. The van der Waals surface area contributed by atoms with Crippen molar-refractivity contribution in [2.45, 2.75) is 6.42 Å². The van der Waals surface area contributed by atoms with Crippen LogP contribution in [-0.4, -0.2) is 20.7 Å². The second-order valence-electron chi connectivity index (χ2n) is 3.22. The summed E-state index contributed by atoms with van der Waals surface area (Å²) in [6.45, 7) is 0.573. The molecule has 0 unspecified atom stereocenters. The molecule has 0 radical (unpaired) electrons. The van der Waals surface area contributed by atoms with Gasteiger partial charge in [-0.3, -0.25) is 4.31 Å². The Morgan fingerprint density at radius 3 is 2.36 bits per heavy atom. The number of halogens is 1. The van der Waals surface area contributed by atoms with Gasteiger partial charge in [0.2, 0.25) is 10.0 Å². The highest BCUT2D eigenvalue weighted by atomic mass is 35.5. The van der Waals surface area contributed by atoms with Gasteiger partial charge in [0.1, 0.15) is 0 Å². The lowest BCUT2D eigenvalue weighted by Gasteiger charge is -2.16. The van der Waals surface area contributed by atoms with Crippen LogP contribution in [0, 0.1) is 0 Å². The summed E-state index contributed by atoms with van der Waals surface area (Å²) in [4.78, 5) is 0. The van der Waals surface area contributed by atoms with E-state index >= 15 is 0 Å². The Kier molecular flexibility index (Phi) is 2.41. The van der Waals surface area contributed by atoms with Gasteiger partial charge in [-0.2, -0.15) is 0 Å². The molecule has 0 amide bonds. The molecule has 76 valence electrons. The highest BCUT2D eigenvalue weighted by Gasteiger charge is 2.27. The largest absolute Gasteiger partial charge is 0.270 e. The van der Waals surface area contributed by atoms with Crippen molar-refractivity contribution in [3.63, 3.8) is 0 Å². The summed E-state index contributed by atoms with van der Waals surface area (Å²) < 4.78 is 24.5. The second kappa shape index (κ2) is 3.44. The molecular weight excluding hydrogens is 222 g/mol. The third kappa shape index (κ3) is 1.72. The first kappa shape index (κ1) is 9.80. The molecule has 1 aromatic carbocycles. The van der Waals surface area contributed by atoms with E-state index in [1.165, 1.54) is 4.31 Å². The highest BCUT2D eigenvalue weighted by Crippen LogP contribution is 2.24. The third-order valence-corrected chi connectivity index (χ3v) is 4.34. The van der Waals surface area contributed by atoms with E-state index < -0.39 is 10.0 Å². The molecule has 3 nitrogen and oxygen atoms in total. The number of nitrogens with zero attached hydrogens (tertiary/aromatic N) is 1. The Hall–Kier alpha value is -0.740. The molecule has 1 saturated heterocycles. The Balaban J connectivity index is 2.36. The molecule has 0 N–H and O–H groups in total. The number of anilines is 1. The molecule has 0 atom stereocenters. The predicted octanol–water partition coefficient (Wildman–Crippen LogP) is 1.88. The van der Waals surface area contributed by atoms with Gasteiger partial charge in [-0.25, -0.2) is 8.42 Å². The van der Waals surface area contributed by atoms with Crippen molar-refractivity contribution in [3.8, 4) is 0 Å². The quantitative estimate of drug-likeness (QED) is 0.740. The summed E-state index contributed by atoms with van der Waals surface area (Å²) in [5.41, 5.74) is 0.701. The van der Waals surface area contributed by atoms with Crippen molar-refractivity contribution < 1.29 is 8.42 Å². The lowest BCUT2D eigenvalue weighted by molar-refractivity contribution is 0.599. The zero-order chi connectivity index (χ0) is 10.2. The van der Waals surface area contributed by atoms with Gasteiger partial charge in [-0.1, -0.05) is 11.6 Å². The molecule has 0 aliphatic carbocycles. The molecule has 0 bridgehead atoms. The summed E-state index contributed by atoms with van der Waals surface area (Å²) in [7, 11) is -3.06. The maximum absolute atomic E-state index is 11.5. The fraction of sp³-hybridized carbons (Fsp3) is 0.333. The van der Waals surface area contributed by atoms with Gasteiger partial charge in [-0.05, 0) is 30.7 Å². The van der Waals surface area contributed by atoms with E-state index in [-0.39, 0.29) is 5.75 Å². The van der Waals surface area contributed by atoms with Crippen LogP contribution in [0.25, 0.3) is 0 Å². The van der Waals surface area contributed by atoms with E-state index in [2.05, 4.69) is 0 Å². The van der Waals surface area contributed by atoms with E-state index in [1.54, 1.807) is 24.3 Å². The molecule has 1 aliphatic rings. The first-order valence-electron chi connectivity index (χ1n) is 4.35. The van der Waals surface area contributed by atoms with Crippen LogP contribution in [0.5, 0.6) is 0 Å². The summed E-state index contributed by atoms with van der Waals surface area (Å²) >= 11 is 5.72. The van der Waals surface area contributed by atoms with Crippen LogP contribution in [0.2, 0.25) is 5.02 Å². The summed E-state index contributed by atoms with van der Waals surface area (Å²) in [6.07, 6.45) is 0.699. The van der Waals surface area contributed by atoms with Gasteiger partial charge in [-0.15, -0.1) is 0 Å². The van der Waals surface area contributed by atoms with E-state index in [4.69, 9.17) is 11.6 Å². The number of hydrogen-bond donors (Lipinski definition) is 0. The molecule has 0 spiro atoms. The van der Waals surface area contributed by atoms with Crippen LogP contribution < -0.4 is 4.31 Å². The van der Waals surface area contributed by atoms with Crippen molar-refractivity contribution >= 4 is 27.3 Å². The molecule has 1 fully saturated rings. The first-order valence-corrected chi connectivity index (χ1v) is 6.34. The van der Waals surface area contributed by atoms with Gasteiger partial charge in [0, 0.05) is 11.6 Å². The van der Waals surface area contributed by atoms with Crippen LogP contribution in [0.3, 0.4) is 0 Å². The highest BCUT2D eigenvalue weighted by molar-refractivity contribution is 7.93. The lowest BCUT2D eigenvalue weighted by atomic mass is 10.3. The maximum atomic E-state index is 11.5. The van der Waals surface area contributed by atoms with Gasteiger partial charge >= 0.3 is 0 Å². The zero-order valence-corrected chi connectivity index (χ0v) is 9.05. The van der Waals surface area contributed by atoms with Crippen LogP contribution in [0.1, 0.15) is 6.42 Å². The molecule has 14 heavy (non-hydrogen) atoms. The monoisotopic (exact) mass is 231 g/mol. The van der Waals surface area contributed by atoms with E-state index in [0.717, 1.165) is 0 Å². The first-order chi connectivity index (χ1) is 6.59. The maximum Gasteiger partial charge on any atom is 0.235 e.